The highest BCUT2D eigenvalue weighted by molar-refractivity contribution is 6.29. The van der Waals surface area contributed by atoms with Gasteiger partial charge in [0, 0.05) is 5.41 Å². The third-order valence-electron chi connectivity index (χ3n) is 2.86. The van der Waals surface area contributed by atoms with Crippen LogP contribution >= 0.6 is 11.6 Å². The molecular weight excluding hydrogens is 210 g/mol. The van der Waals surface area contributed by atoms with Crippen LogP contribution < -0.4 is 0 Å². The van der Waals surface area contributed by atoms with Crippen molar-refractivity contribution in [2.75, 3.05) is 0 Å². The van der Waals surface area contributed by atoms with E-state index in [9.17, 15) is 0 Å². The Morgan fingerprint density at radius 2 is 2.13 bits per heavy atom. The van der Waals surface area contributed by atoms with Crippen LogP contribution in [0.3, 0.4) is 0 Å². The maximum absolute atomic E-state index is 5.82. The van der Waals surface area contributed by atoms with E-state index in [1.165, 1.54) is 0 Å². The van der Waals surface area contributed by atoms with Crippen molar-refractivity contribution in [1.29, 1.82) is 0 Å². The molecule has 0 fully saturated rings. The molecule has 0 saturated carbocycles. The molecule has 0 aromatic carbocycles. The Morgan fingerprint density at radius 3 is 2.80 bits per heavy atom. The fraction of sp³-hybridized carbons (Fsp3) is 0.455. The summed E-state index contributed by atoms with van der Waals surface area (Å²) in [5.74, 6) is 0. The van der Waals surface area contributed by atoms with Gasteiger partial charge in [0.25, 0.3) is 0 Å². The van der Waals surface area contributed by atoms with E-state index in [1.54, 1.807) is 10.6 Å². The first-order valence-corrected chi connectivity index (χ1v) is 5.43. The first kappa shape index (κ1) is 10.4. The van der Waals surface area contributed by atoms with Crippen LogP contribution in [0.5, 0.6) is 0 Å². The fourth-order valence-electron chi connectivity index (χ4n) is 1.37. The minimum atomic E-state index is 0.0835. The highest BCUT2D eigenvalue weighted by atomic mass is 35.5. The Labute approximate surface area is 94.1 Å². The zero-order chi connectivity index (χ0) is 11.1. The monoisotopic (exact) mass is 223 g/mol. The van der Waals surface area contributed by atoms with Crippen LogP contribution in [0.25, 0.3) is 5.65 Å². The fourth-order valence-corrected chi connectivity index (χ4v) is 1.51. The molecule has 80 valence electrons. The number of aromatic nitrogens is 3. The van der Waals surface area contributed by atoms with E-state index in [0.717, 1.165) is 17.8 Å². The smallest absolute Gasteiger partial charge is 0.153 e. The van der Waals surface area contributed by atoms with Gasteiger partial charge in [0.1, 0.15) is 5.15 Å². The summed E-state index contributed by atoms with van der Waals surface area (Å²) in [5.41, 5.74) is 1.98. The van der Waals surface area contributed by atoms with Crippen LogP contribution in [0.15, 0.2) is 18.3 Å². The van der Waals surface area contributed by atoms with Gasteiger partial charge < -0.3 is 0 Å². The van der Waals surface area contributed by atoms with Crippen molar-refractivity contribution in [3.05, 3.63) is 29.2 Å². The number of hydrogen-bond acceptors (Lipinski definition) is 2. The van der Waals surface area contributed by atoms with Gasteiger partial charge in [-0.3, -0.25) is 0 Å². The Kier molecular flexibility index (Phi) is 2.43. The molecule has 3 nitrogen and oxygen atoms in total. The van der Waals surface area contributed by atoms with E-state index in [0.29, 0.717) is 5.15 Å². The van der Waals surface area contributed by atoms with Crippen LogP contribution in [0.4, 0.5) is 0 Å². The van der Waals surface area contributed by atoms with Crippen molar-refractivity contribution < 1.29 is 0 Å². The summed E-state index contributed by atoms with van der Waals surface area (Å²) >= 11 is 5.82. The third-order valence-corrected chi connectivity index (χ3v) is 3.07. The van der Waals surface area contributed by atoms with Crippen molar-refractivity contribution in [2.45, 2.75) is 32.6 Å². The summed E-state index contributed by atoms with van der Waals surface area (Å²) in [6.07, 6.45) is 3.00. The van der Waals surface area contributed by atoms with E-state index in [1.807, 2.05) is 12.3 Å². The summed E-state index contributed by atoms with van der Waals surface area (Å²) in [4.78, 5) is 4.54. The van der Waals surface area contributed by atoms with Gasteiger partial charge in [0.15, 0.2) is 5.65 Å². The molecule has 2 aromatic heterocycles. The van der Waals surface area contributed by atoms with Gasteiger partial charge in [-0.15, -0.1) is 0 Å². The average molecular weight is 224 g/mol. The van der Waals surface area contributed by atoms with Gasteiger partial charge in [-0.05, 0) is 18.6 Å². The zero-order valence-electron chi connectivity index (χ0n) is 9.16. The van der Waals surface area contributed by atoms with Crippen LogP contribution in [0.2, 0.25) is 5.15 Å². The standard InChI is InChI=1S/C11H14ClN3/c1-4-11(2,3)8-7-15-10(13-8)6-5-9(12)14-15/h5-7H,4H2,1-3H3. The second-order valence-electron chi connectivity index (χ2n) is 4.32. The van der Waals surface area contributed by atoms with E-state index < -0.39 is 0 Å². The molecule has 2 aromatic rings. The largest absolute Gasteiger partial charge is 0.232 e. The minimum Gasteiger partial charge on any atom is -0.232 e. The molecule has 0 amide bonds. The Balaban J connectivity index is 2.56. The number of imidazole rings is 1. The second-order valence-corrected chi connectivity index (χ2v) is 4.71. The lowest BCUT2D eigenvalue weighted by Crippen LogP contribution is -2.15. The maximum atomic E-state index is 5.82. The number of nitrogens with zero attached hydrogens (tertiary/aromatic N) is 3. The van der Waals surface area contributed by atoms with E-state index in [-0.39, 0.29) is 5.41 Å². The van der Waals surface area contributed by atoms with E-state index in [2.05, 4.69) is 30.9 Å². The molecule has 2 heterocycles. The number of fused-ring (bicyclic) bond motifs is 1. The molecule has 0 unspecified atom stereocenters. The number of rotatable bonds is 2. The van der Waals surface area contributed by atoms with Crippen molar-refractivity contribution in [3.63, 3.8) is 0 Å². The van der Waals surface area contributed by atoms with Crippen LogP contribution in [0, 0.1) is 0 Å². The average Bonchev–Trinajstić information content (AvgIpc) is 2.61. The molecule has 0 aliphatic carbocycles. The van der Waals surface area contributed by atoms with Gasteiger partial charge in [0.2, 0.25) is 0 Å². The SMILES string of the molecule is CCC(C)(C)c1cn2nc(Cl)ccc2n1. The van der Waals surface area contributed by atoms with Gasteiger partial charge >= 0.3 is 0 Å². The summed E-state index contributed by atoms with van der Waals surface area (Å²) in [7, 11) is 0. The summed E-state index contributed by atoms with van der Waals surface area (Å²) < 4.78 is 1.73. The normalized spacial score (nSPS) is 12.3. The molecule has 0 bridgehead atoms. The topological polar surface area (TPSA) is 30.2 Å². The summed E-state index contributed by atoms with van der Waals surface area (Å²) in [6, 6.07) is 3.64. The molecule has 2 rings (SSSR count). The van der Waals surface area contributed by atoms with Crippen molar-refractivity contribution in [3.8, 4) is 0 Å². The lowest BCUT2D eigenvalue weighted by Gasteiger charge is -2.18. The molecule has 0 spiro atoms. The lowest BCUT2D eigenvalue weighted by molar-refractivity contribution is 0.493. The van der Waals surface area contributed by atoms with Gasteiger partial charge in [0.05, 0.1) is 11.9 Å². The van der Waals surface area contributed by atoms with Gasteiger partial charge in [-0.1, -0.05) is 32.4 Å². The summed E-state index contributed by atoms with van der Waals surface area (Å²) in [6.45, 7) is 6.51. The molecule has 0 N–H and O–H groups in total. The van der Waals surface area contributed by atoms with Gasteiger partial charge in [-0.25, -0.2) is 9.50 Å². The molecule has 0 saturated heterocycles. The zero-order valence-corrected chi connectivity index (χ0v) is 9.91. The molecular formula is C11H14ClN3. The quantitative estimate of drug-likeness (QED) is 0.783. The highest BCUT2D eigenvalue weighted by Gasteiger charge is 2.21. The van der Waals surface area contributed by atoms with E-state index in [4.69, 9.17) is 11.6 Å². The minimum absolute atomic E-state index is 0.0835. The van der Waals surface area contributed by atoms with Crippen LogP contribution in [-0.4, -0.2) is 14.6 Å². The highest BCUT2D eigenvalue weighted by Crippen LogP contribution is 2.25. The maximum Gasteiger partial charge on any atom is 0.153 e. The van der Waals surface area contributed by atoms with Crippen LogP contribution in [-0.2, 0) is 5.41 Å². The first-order chi connectivity index (χ1) is 7.03. The second kappa shape index (κ2) is 3.49. The Bertz CT molecular complexity index is 488. The van der Waals surface area contributed by atoms with Crippen LogP contribution in [0.1, 0.15) is 32.9 Å². The predicted molar refractivity (Wildman–Crippen MR) is 61.3 cm³/mol. The van der Waals surface area contributed by atoms with Crippen molar-refractivity contribution in [2.24, 2.45) is 0 Å². The third kappa shape index (κ3) is 1.84. The first-order valence-electron chi connectivity index (χ1n) is 5.05. The van der Waals surface area contributed by atoms with Crippen molar-refractivity contribution in [1.82, 2.24) is 14.6 Å². The Hall–Kier alpha value is -1.09. The predicted octanol–water partition coefficient (Wildman–Crippen LogP) is 3.07. The molecule has 0 atom stereocenters. The van der Waals surface area contributed by atoms with Gasteiger partial charge in [-0.2, -0.15) is 5.10 Å². The molecule has 0 radical (unpaired) electrons. The number of halogens is 1. The lowest BCUT2D eigenvalue weighted by atomic mass is 9.87. The molecule has 0 aliphatic rings. The molecule has 4 heteroatoms. The molecule has 15 heavy (non-hydrogen) atoms. The summed E-state index contributed by atoms with van der Waals surface area (Å²) in [5, 5.41) is 4.65. The van der Waals surface area contributed by atoms with E-state index >= 15 is 0 Å². The van der Waals surface area contributed by atoms with Crippen molar-refractivity contribution >= 4 is 17.2 Å². The molecule has 0 aliphatic heterocycles. The Morgan fingerprint density at radius 1 is 1.40 bits per heavy atom. The number of hydrogen-bond donors (Lipinski definition) is 0.